The molecule has 29 heavy (non-hydrogen) atoms. The van der Waals surface area contributed by atoms with Crippen molar-refractivity contribution in [1.29, 1.82) is 0 Å². The van der Waals surface area contributed by atoms with E-state index in [9.17, 15) is 9.59 Å². The summed E-state index contributed by atoms with van der Waals surface area (Å²) in [6.45, 7) is 6.80. The Bertz CT molecular complexity index is 796. The normalized spacial score (nSPS) is 11.8. The smallest absolute Gasteiger partial charge is 0.242 e. The number of hydrogen-bond acceptors (Lipinski definition) is 4. The summed E-state index contributed by atoms with van der Waals surface area (Å²) in [5, 5.41) is 2.94. The monoisotopic (exact) mass is 414 g/mol. The van der Waals surface area contributed by atoms with Crippen LogP contribution in [0.4, 0.5) is 0 Å². The third-order valence-electron chi connectivity index (χ3n) is 4.44. The van der Waals surface area contributed by atoms with Crippen molar-refractivity contribution in [2.24, 2.45) is 5.92 Å². The van der Waals surface area contributed by atoms with Crippen LogP contribution in [0.1, 0.15) is 26.3 Å². The molecule has 0 bridgehead atoms. The average molecular weight is 415 g/mol. The molecule has 2 aromatic rings. The van der Waals surface area contributed by atoms with Crippen LogP contribution in [0.3, 0.4) is 0 Å². The van der Waals surface area contributed by atoms with Crippen LogP contribution in [-0.2, 0) is 16.1 Å². The summed E-state index contributed by atoms with van der Waals surface area (Å²) >= 11 is 1.47. The number of methoxy groups -OCH3 is 1. The first-order valence-electron chi connectivity index (χ1n) is 9.78. The number of ether oxygens (including phenoxy) is 1. The SMILES string of the molecule is COc1cccc(CN(C(=O)CSc2ccccc2)C(C)C(=O)NCC(C)C)c1. The highest BCUT2D eigenvalue weighted by Gasteiger charge is 2.26. The van der Waals surface area contributed by atoms with E-state index in [0.717, 1.165) is 16.2 Å². The zero-order chi connectivity index (χ0) is 21.2. The standard InChI is InChI=1S/C23H30N2O3S/c1-17(2)14-24-23(27)18(3)25(15-19-9-8-10-20(13-19)28-4)22(26)16-29-21-11-6-5-7-12-21/h5-13,17-18H,14-16H2,1-4H3,(H,24,27). The van der Waals surface area contributed by atoms with Crippen molar-refractivity contribution in [2.45, 2.75) is 38.3 Å². The Labute approximate surface area is 177 Å². The van der Waals surface area contributed by atoms with Gasteiger partial charge in [0.1, 0.15) is 11.8 Å². The van der Waals surface area contributed by atoms with Crippen LogP contribution < -0.4 is 10.1 Å². The van der Waals surface area contributed by atoms with Crippen LogP contribution in [0.5, 0.6) is 5.75 Å². The van der Waals surface area contributed by atoms with Crippen molar-refractivity contribution in [3.05, 3.63) is 60.2 Å². The molecule has 0 aromatic heterocycles. The molecule has 6 heteroatoms. The fraction of sp³-hybridized carbons (Fsp3) is 0.391. The number of benzene rings is 2. The first kappa shape index (κ1) is 22.8. The lowest BCUT2D eigenvalue weighted by Crippen LogP contribution is -2.48. The molecule has 2 rings (SSSR count). The minimum Gasteiger partial charge on any atom is -0.497 e. The van der Waals surface area contributed by atoms with Gasteiger partial charge in [0.05, 0.1) is 12.9 Å². The first-order valence-corrected chi connectivity index (χ1v) is 10.8. The van der Waals surface area contributed by atoms with Gasteiger partial charge in [-0.2, -0.15) is 0 Å². The Kier molecular flexibility index (Phi) is 9.06. The molecule has 0 saturated heterocycles. The van der Waals surface area contributed by atoms with E-state index in [4.69, 9.17) is 4.74 Å². The van der Waals surface area contributed by atoms with Crippen LogP contribution >= 0.6 is 11.8 Å². The van der Waals surface area contributed by atoms with E-state index in [-0.39, 0.29) is 17.6 Å². The van der Waals surface area contributed by atoms with Gasteiger partial charge in [-0.15, -0.1) is 11.8 Å². The van der Waals surface area contributed by atoms with Crippen molar-refractivity contribution in [3.8, 4) is 5.75 Å². The molecule has 2 amide bonds. The van der Waals surface area contributed by atoms with E-state index in [1.807, 2.05) is 68.4 Å². The molecule has 5 nitrogen and oxygen atoms in total. The maximum Gasteiger partial charge on any atom is 0.242 e. The second-order valence-corrected chi connectivity index (χ2v) is 8.34. The topological polar surface area (TPSA) is 58.6 Å². The van der Waals surface area contributed by atoms with Gasteiger partial charge in [0.15, 0.2) is 0 Å². The second kappa shape index (κ2) is 11.5. The minimum atomic E-state index is -0.566. The van der Waals surface area contributed by atoms with Crippen molar-refractivity contribution in [1.82, 2.24) is 10.2 Å². The fourth-order valence-electron chi connectivity index (χ4n) is 2.75. The molecule has 2 aromatic carbocycles. The number of hydrogen-bond donors (Lipinski definition) is 1. The second-order valence-electron chi connectivity index (χ2n) is 7.29. The summed E-state index contributed by atoms with van der Waals surface area (Å²) in [5.41, 5.74) is 0.922. The zero-order valence-corrected chi connectivity index (χ0v) is 18.4. The molecule has 0 aliphatic heterocycles. The van der Waals surface area contributed by atoms with Gasteiger partial charge < -0.3 is 15.0 Å². The molecule has 1 unspecified atom stereocenters. The Morgan fingerprint density at radius 2 is 1.79 bits per heavy atom. The molecular weight excluding hydrogens is 384 g/mol. The molecule has 156 valence electrons. The summed E-state index contributed by atoms with van der Waals surface area (Å²) in [5.74, 6) is 1.14. The van der Waals surface area contributed by atoms with Gasteiger partial charge >= 0.3 is 0 Å². The zero-order valence-electron chi connectivity index (χ0n) is 17.6. The summed E-state index contributed by atoms with van der Waals surface area (Å²) in [6, 6.07) is 16.8. The molecule has 0 fully saturated rings. The maximum absolute atomic E-state index is 13.1. The molecular formula is C23H30N2O3S. The highest BCUT2D eigenvalue weighted by molar-refractivity contribution is 8.00. The quantitative estimate of drug-likeness (QED) is 0.598. The summed E-state index contributed by atoms with van der Waals surface area (Å²) in [7, 11) is 1.61. The van der Waals surface area contributed by atoms with Crippen LogP contribution in [0.15, 0.2) is 59.5 Å². The van der Waals surface area contributed by atoms with E-state index in [1.165, 1.54) is 11.8 Å². The summed E-state index contributed by atoms with van der Waals surface area (Å²) in [6.07, 6.45) is 0. The number of rotatable bonds is 10. The number of nitrogens with one attached hydrogen (secondary N) is 1. The molecule has 1 N–H and O–H groups in total. The highest BCUT2D eigenvalue weighted by Crippen LogP contribution is 2.20. The maximum atomic E-state index is 13.1. The average Bonchev–Trinajstić information content (AvgIpc) is 2.74. The van der Waals surface area contributed by atoms with Gasteiger partial charge in [-0.1, -0.05) is 44.2 Å². The molecule has 0 aliphatic carbocycles. The number of carbonyl (C=O) groups is 2. The van der Waals surface area contributed by atoms with E-state index >= 15 is 0 Å². The molecule has 0 spiro atoms. The van der Waals surface area contributed by atoms with Crippen molar-refractivity contribution < 1.29 is 14.3 Å². The van der Waals surface area contributed by atoms with E-state index in [1.54, 1.807) is 18.9 Å². The van der Waals surface area contributed by atoms with E-state index < -0.39 is 6.04 Å². The molecule has 0 aliphatic rings. The van der Waals surface area contributed by atoms with E-state index in [2.05, 4.69) is 5.32 Å². The van der Waals surface area contributed by atoms with Crippen LogP contribution in [0.2, 0.25) is 0 Å². The summed E-state index contributed by atoms with van der Waals surface area (Å²) < 4.78 is 5.29. The lowest BCUT2D eigenvalue weighted by molar-refractivity contribution is -0.138. The molecule has 0 radical (unpaired) electrons. The Morgan fingerprint density at radius 1 is 1.07 bits per heavy atom. The van der Waals surface area contributed by atoms with Crippen molar-refractivity contribution >= 4 is 23.6 Å². The molecule has 0 saturated carbocycles. The van der Waals surface area contributed by atoms with Crippen molar-refractivity contribution in [3.63, 3.8) is 0 Å². The largest absolute Gasteiger partial charge is 0.497 e. The first-order chi connectivity index (χ1) is 13.9. The highest BCUT2D eigenvalue weighted by atomic mass is 32.2. The Morgan fingerprint density at radius 3 is 2.45 bits per heavy atom. The molecule has 0 heterocycles. The lowest BCUT2D eigenvalue weighted by Gasteiger charge is -2.29. The fourth-order valence-corrected chi connectivity index (χ4v) is 3.55. The number of carbonyl (C=O) groups excluding carboxylic acids is 2. The van der Waals surface area contributed by atoms with Gasteiger partial charge in [-0.3, -0.25) is 9.59 Å². The predicted molar refractivity (Wildman–Crippen MR) is 118 cm³/mol. The number of thioether (sulfide) groups is 1. The number of amides is 2. The molecule has 1 atom stereocenters. The van der Waals surface area contributed by atoms with Gasteiger partial charge in [0.2, 0.25) is 11.8 Å². The third-order valence-corrected chi connectivity index (χ3v) is 5.44. The van der Waals surface area contributed by atoms with Crippen LogP contribution in [-0.4, -0.2) is 42.2 Å². The van der Waals surface area contributed by atoms with Gasteiger partial charge in [-0.05, 0) is 42.7 Å². The van der Waals surface area contributed by atoms with Gasteiger partial charge in [0.25, 0.3) is 0 Å². The third kappa shape index (κ3) is 7.46. The van der Waals surface area contributed by atoms with Crippen LogP contribution in [0, 0.1) is 5.92 Å². The minimum absolute atomic E-state index is 0.0751. The number of nitrogens with zero attached hydrogens (tertiary/aromatic N) is 1. The van der Waals surface area contributed by atoms with Crippen LogP contribution in [0.25, 0.3) is 0 Å². The Balaban J connectivity index is 2.14. The van der Waals surface area contributed by atoms with E-state index in [0.29, 0.717) is 19.0 Å². The Hall–Kier alpha value is -2.47. The van der Waals surface area contributed by atoms with Crippen molar-refractivity contribution in [2.75, 3.05) is 19.4 Å². The van der Waals surface area contributed by atoms with Gasteiger partial charge in [-0.25, -0.2) is 0 Å². The summed E-state index contributed by atoms with van der Waals surface area (Å²) in [4.78, 5) is 28.4. The van der Waals surface area contributed by atoms with Gasteiger partial charge in [0, 0.05) is 18.0 Å². The lowest BCUT2D eigenvalue weighted by atomic mass is 10.1. The predicted octanol–water partition coefficient (Wildman–Crippen LogP) is 3.98.